The van der Waals surface area contributed by atoms with Crippen molar-refractivity contribution in [2.75, 3.05) is 0 Å². The van der Waals surface area contributed by atoms with E-state index in [0.29, 0.717) is 0 Å². The fraction of sp³-hybridized carbons (Fsp3) is 0.133. The fourth-order valence-electron chi connectivity index (χ4n) is 4.69. The summed E-state index contributed by atoms with van der Waals surface area (Å²) >= 11 is 0. The van der Waals surface area contributed by atoms with Crippen molar-refractivity contribution in [3.05, 3.63) is 132 Å². The standard InChI is InChI=1S/C30H28FN3P/c1-23(2)30-29(34(33-32-30)25-20-18-24(31)19-21-25)22-35(26-12-6-3-7-13-26,27-14-8-4-9-15-27)28-16-10-5-11-17-28/h3-21,23H,22H2,1-2H3/q+1. The van der Waals surface area contributed by atoms with Gasteiger partial charge in [-0.05, 0) is 66.6 Å². The van der Waals surface area contributed by atoms with Gasteiger partial charge in [-0.15, -0.1) is 5.10 Å². The summed E-state index contributed by atoms with van der Waals surface area (Å²) in [7, 11) is -2.14. The van der Waals surface area contributed by atoms with E-state index in [2.05, 4.69) is 115 Å². The van der Waals surface area contributed by atoms with E-state index in [0.717, 1.165) is 23.2 Å². The summed E-state index contributed by atoms with van der Waals surface area (Å²) in [5, 5.41) is 13.1. The van der Waals surface area contributed by atoms with Crippen LogP contribution in [0, 0.1) is 5.82 Å². The van der Waals surface area contributed by atoms with E-state index >= 15 is 0 Å². The van der Waals surface area contributed by atoms with E-state index in [1.807, 2.05) is 4.68 Å². The van der Waals surface area contributed by atoms with Crippen LogP contribution in [0.1, 0.15) is 31.2 Å². The molecule has 0 N–H and O–H groups in total. The first-order valence-corrected chi connectivity index (χ1v) is 13.8. The molecule has 0 spiro atoms. The van der Waals surface area contributed by atoms with Crippen molar-refractivity contribution in [3.8, 4) is 5.69 Å². The highest BCUT2D eigenvalue weighted by Gasteiger charge is 2.47. The number of hydrogen-bond donors (Lipinski definition) is 0. The van der Waals surface area contributed by atoms with Gasteiger partial charge < -0.3 is 0 Å². The third-order valence-corrected chi connectivity index (χ3v) is 10.7. The zero-order valence-electron chi connectivity index (χ0n) is 19.9. The second-order valence-corrected chi connectivity index (χ2v) is 12.4. The SMILES string of the molecule is CC(C)c1nnn(-c2ccc(F)cc2)c1C[P+](c1ccccc1)(c1ccccc1)c1ccccc1. The van der Waals surface area contributed by atoms with Gasteiger partial charge in [-0.3, -0.25) is 0 Å². The molecule has 0 atom stereocenters. The molecule has 5 rings (SSSR count). The lowest BCUT2D eigenvalue weighted by atomic mass is 10.1. The molecule has 0 fully saturated rings. The smallest absolute Gasteiger partial charge is 0.123 e. The zero-order chi connectivity index (χ0) is 24.3. The van der Waals surface area contributed by atoms with Gasteiger partial charge in [0, 0.05) is 0 Å². The minimum absolute atomic E-state index is 0.198. The van der Waals surface area contributed by atoms with E-state index in [1.165, 1.54) is 28.0 Å². The molecule has 1 heterocycles. The monoisotopic (exact) mass is 480 g/mol. The highest BCUT2D eigenvalue weighted by Crippen LogP contribution is 2.58. The molecule has 0 saturated heterocycles. The van der Waals surface area contributed by atoms with Crippen LogP contribution in [-0.4, -0.2) is 15.0 Å². The van der Waals surface area contributed by atoms with Crippen LogP contribution in [0.15, 0.2) is 115 Å². The molecule has 5 heteroatoms. The summed E-state index contributed by atoms with van der Waals surface area (Å²) in [6.45, 7) is 4.30. The molecule has 0 aliphatic heterocycles. The van der Waals surface area contributed by atoms with Gasteiger partial charge in [0.1, 0.15) is 40.8 Å². The van der Waals surface area contributed by atoms with Crippen molar-refractivity contribution in [2.24, 2.45) is 0 Å². The first-order chi connectivity index (χ1) is 17.1. The zero-order valence-corrected chi connectivity index (χ0v) is 20.8. The molecule has 0 amide bonds. The average molecular weight is 481 g/mol. The lowest BCUT2D eigenvalue weighted by Crippen LogP contribution is -2.33. The summed E-state index contributed by atoms with van der Waals surface area (Å²) in [6, 6.07) is 38.9. The van der Waals surface area contributed by atoms with E-state index in [9.17, 15) is 4.39 Å². The molecular formula is C30H28FN3P+. The van der Waals surface area contributed by atoms with E-state index in [-0.39, 0.29) is 11.7 Å². The van der Waals surface area contributed by atoms with Crippen LogP contribution in [0.4, 0.5) is 4.39 Å². The number of benzene rings is 4. The number of halogens is 1. The summed E-state index contributed by atoms with van der Waals surface area (Å²) in [6.07, 6.45) is 0.753. The molecule has 4 aromatic carbocycles. The molecule has 174 valence electrons. The van der Waals surface area contributed by atoms with E-state index in [1.54, 1.807) is 12.1 Å². The third-order valence-electron chi connectivity index (χ3n) is 6.39. The maximum atomic E-state index is 13.7. The summed E-state index contributed by atoms with van der Waals surface area (Å²) in [5.41, 5.74) is 2.85. The Labute approximate surface area is 206 Å². The maximum absolute atomic E-state index is 13.7. The van der Waals surface area contributed by atoms with Gasteiger partial charge >= 0.3 is 0 Å². The Hall–Kier alpha value is -3.62. The molecule has 0 saturated carbocycles. The molecule has 0 bridgehead atoms. The molecule has 0 aliphatic carbocycles. The lowest BCUT2D eigenvalue weighted by Gasteiger charge is -2.28. The van der Waals surface area contributed by atoms with Crippen LogP contribution in [0.3, 0.4) is 0 Å². The fourth-order valence-corrected chi connectivity index (χ4v) is 8.92. The van der Waals surface area contributed by atoms with Crippen molar-refractivity contribution in [2.45, 2.75) is 25.9 Å². The van der Waals surface area contributed by atoms with Gasteiger partial charge in [-0.2, -0.15) is 0 Å². The Morgan fingerprint density at radius 1 is 0.686 bits per heavy atom. The summed E-state index contributed by atoms with van der Waals surface area (Å²) < 4.78 is 15.6. The normalized spacial score (nSPS) is 11.7. The Morgan fingerprint density at radius 2 is 1.14 bits per heavy atom. The van der Waals surface area contributed by atoms with Crippen LogP contribution in [0.5, 0.6) is 0 Å². The molecule has 0 unspecified atom stereocenters. The van der Waals surface area contributed by atoms with E-state index in [4.69, 9.17) is 0 Å². The van der Waals surface area contributed by atoms with Crippen molar-refractivity contribution in [1.29, 1.82) is 0 Å². The highest BCUT2D eigenvalue weighted by molar-refractivity contribution is 7.95. The van der Waals surface area contributed by atoms with Gasteiger partial charge in [0.25, 0.3) is 0 Å². The quantitative estimate of drug-likeness (QED) is 0.267. The number of rotatable bonds is 7. The second kappa shape index (κ2) is 9.93. The first kappa shape index (κ1) is 23.1. The minimum atomic E-state index is -2.14. The molecule has 1 aromatic heterocycles. The Balaban J connectivity index is 1.80. The van der Waals surface area contributed by atoms with Crippen molar-refractivity contribution in [1.82, 2.24) is 15.0 Å². The molecule has 5 aromatic rings. The molecule has 0 aliphatic rings. The lowest BCUT2D eigenvalue weighted by molar-refractivity contribution is 0.626. The second-order valence-electron chi connectivity index (χ2n) is 8.94. The predicted molar refractivity (Wildman–Crippen MR) is 144 cm³/mol. The molecular weight excluding hydrogens is 452 g/mol. The number of hydrogen-bond acceptors (Lipinski definition) is 2. The Bertz CT molecular complexity index is 1290. The van der Waals surface area contributed by atoms with Gasteiger partial charge in [0.05, 0.1) is 11.4 Å². The van der Waals surface area contributed by atoms with Crippen LogP contribution < -0.4 is 15.9 Å². The minimum Gasteiger partial charge on any atom is -0.214 e. The van der Waals surface area contributed by atoms with Crippen LogP contribution >= 0.6 is 7.26 Å². The highest BCUT2D eigenvalue weighted by atomic mass is 31.2. The van der Waals surface area contributed by atoms with Gasteiger partial charge in [-0.25, -0.2) is 9.07 Å². The molecule has 35 heavy (non-hydrogen) atoms. The molecule has 3 nitrogen and oxygen atoms in total. The Kier molecular flexibility index (Phi) is 6.57. The van der Waals surface area contributed by atoms with Gasteiger partial charge in [-0.1, -0.05) is 73.7 Å². The number of aromatic nitrogens is 3. The first-order valence-electron chi connectivity index (χ1n) is 11.8. The van der Waals surface area contributed by atoms with Crippen molar-refractivity contribution in [3.63, 3.8) is 0 Å². The topological polar surface area (TPSA) is 30.7 Å². The average Bonchev–Trinajstić information content (AvgIpc) is 3.33. The maximum Gasteiger partial charge on any atom is 0.123 e. The largest absolute Gasteiger partial charge is 0.214 e. The molecule has 0 radical (unpaired) electrons. The predicted octanol–water partition coefficient (Wildman–Crippen LogP) is 6.02. The van der Waals surface area contributed by atoms with E-state index < -0.39 is 7.26 Å². The van der Waals surface area contributed by atoms with Crippen LogP contribution in [0.25, 0.3) is 5.69 Å². The van der Waals surface area contributed by atoms with Crippen molar-refractivity contribution < 1.29 is 4.39 Å². The van der Waals surface area contributed by atoms with Gasteiger partial charge in [0.15, 0.2) is 0 Å². The van der Waals surface area contributed by atoms with Crippen molar-refractivity contribution >= 4 is 23.2 Å². The third kappa shape index (κ3) is 4.42. The van der Waals surface area contributed by atoms with Gasteiger partial charge in [0.2, 0.25) is 0 Å². The Morgan fingerprint density at radius 3 is 1.57 bits per heavy atom. The van der Waals surface area contributed by atoms with Crippen LogP contribution in [-0.2, 0) is 6.16 Å². The van der Waals surface area contributed by atoms with Crippen LogP contribution in [0.2, 0.25) is 0 Å². The number of nitrogens with zero attached hydrogens (tertiary/aromatic N) is 3. The summed E-state index contributed by atoms with van der Waals surface area (Å²) in [5.74, 6) is -0.0670. The summed E-state index contributed by atoms with van der Waals surface area (Å²) in [4.78, 5) is 0.